The van der Waals surface area contributed by atoms with Gasteiger partial charge in [0.05, 0.1) is 0 Å². The molecular weight excluding hydrogens is 328 g/mol. The Morgan fingerprint density at radius 3 is 2.58 bits per heavy atom. The molecule has 2 aliphatic rings. The second kappa shape index (κ2) is 6.83. The summed E-state index contributed by atoms with van der Waals surface area (Å²) in [7, 11) is 0. The fourth-order valence-electron chi connectivity index (χ4n) is 4.15. The molecule has 5 heteroatoms. The van der Waals surface area contributed by atoms with E-state index in [4.69, 9.17) is 0 Å². The average Bonchev–Trinajstić information content (AvgIpc) is 3.17. The molecule has 26 heavy (non-hydrogen) atoms. The number of amides is 2. The third-order valence-corrected chi connectivity index (χ3v) is 5.45. The summed E-state index contributed by atoms with van der Waals surface area (Å²) in [5.74, 6) is -0.0549. The zero-order valence-corrected chi connectivity index (χ0v) is 14.6. The van der Waals surface area contributed by atoms with Crippen molar-refractivity contribution in [1.29, 1.82) is 0 Å². The predicted molar refractivity (Wildman–Crippen MR) is 98.8 cm³/mol. The maximum absolute atomic E-state index is 12.9. The molecular formula is C21H22N2O3. The van der Waals surface area contributed by atoms with Crippen LogP contribution in [-0.2, 0) is 17.8 Å². The molecule has 1 saturated heterocycles. The van der Waals surface area contributed by atoms with Gasteiger partial charge < -0.3 is 10.0 Å². The molecule has 2 aromatic rings. The van der Waals surface area contributed by atoms with E-state index in [1.54, 1.807) is 0 Å². The topological polar surface area (TPSA) is 60.9 Å². The van der Waals surface area contributed by atoms with Gasteiger partial charge in [0.1, 0.15) is 6.04 Å². The van der Waals surface area contributed by atoms with Crippen LogP contribution in [0.25, 0.3) is 11.1 Å². The smallest absolute Gasteiger partial charge is 0.407 e. The van der Waals surface area contributed by atoms with Gasteiger partial charge in [-0.1, -0.05) is 48.5 Å². The van der Waals surface area contributed by atoms with Crippen LogP contribution in [0, 0.1) is 0 Å². The lowest BCUT2D eigenvalue weighted by molar-refractivity contribution is -0.136. The molecule has 0 radical (unpaired) electrons. The minimum atomic E-state index is -0.996. The lowest BCUT2D eigenvalue weighted by Gasteiger charge is -2.33. The third kappa shape index (κ3) is 2.94. The van der Waals surface area contributed by atoms with Crippen LogP contribution >= 0.6 is 0 Å². The largest absolute Gasteiger partial charge is 0.465 e. The van der Waals surface area contributed by atoms with Crippen molar-refractivity contribution in [1.82, 2.24) is 9.80 Å². The Hall–Kier alpha value is -2.82. The van der Waals surface area contributed by atoms with E-state index in [0.717, 1.165) is 18.4 Å². The molecule has 0 unspecified atom stereocenters. The lowest BCUT2D eigenvalue weighted by atomic mass is 9.90. The average molecular weight is 350 g/mol. The van der Waals surface area contributed by atoms with Crippen LogP contribution in [0.4, 0.5) is 4.79 Å². The number of hydrogen-bond donors (Lipinski definition) is 1. The van der Waals surface area contributed by atoms with Crippen molar-refractivity contribution in [2.75, 3.05) is 13.1 Å². The Morgan fingerprint density at radius 1 is 1.00 bits per heavy atom. The van der Waals surface area contributed by atoms with Crippen LogP contribution in [0.1, 0.15) is 24.0 Å². The molecule has 1 fully saturated rings. The summed E-state index contributed by atoms with van der Waals surface area (Å²) < 4.78 is 0. The third-order valence-electron chi connectivity index (χ3n) is 5.45. The van der Waals surface area contributed by atoms with E-state index in [2.05, 4.69) is 24.3 Å². The first-order valence-corrected chi connectivity index (χ1v) is 9.09. The second-order valence-corrected chi connectivity index (χ2v) is 6.95. The van der Waals surface area contributed by atoms with Gasteiger partial charge in [0.25, 0.3) is 0 Å². The van der Waals surface area contributed by atoms with Gasteiger partial charge in [-0.2, -0.15) is 0 Å². The summed E-state index contributed by atoms with van der Waals surface area (Å²) in [6.45, 7) is 1.65. The molecule has 0 spiro atoms. The zero-order chi connectivity index (χ0) is 18.1. The number of nitrogens with zero attached hydrogens (tertiary/aromatic N) is 2. The first-order valence-electron chi connectivity index (χ1n) is 9.09. The van der Waals surface area contributed by atoms with Crippen molar-refractivity contribution >= 4 is 12.0 Å². The predicted octanol–water partition coefficient (Wildman–Crippen LogP) is 3.38. The van der Waals surface area contributed by atoms with Gasteiger partial charge in [-0.25, -0.2) is 4.79 Å². The van der Waals surface area contributed by atoms with Gasteiger partial charge in [-0.15, -0.1) is 0 Å². The molecule has 2 aliphatic heterocycles. The summed E-state index contributed by atoms with van der Waals surface area (Å²) >= 11 is 0. The number of fused-ring (bicyclic) bond motifs is 1. The normalized spacial score (nSPS) is 19.3. The fourth-order valence-corrected chi connectivity index (χ4v) is 4.15. The number of carbonyl (C=O) groups is 2. The monoisotopic (exact) mass is 350 g/mol. The van der Waals surface area contributed by atoms with Crippen LogP contribution < -0.4 is 0 Å². The van der Waals surface area contributed by atoms with Gasteiger partial charge in [-0.3, -0.25) is 9.69 Å². The Balaban J connectivity index is 1.57. The molecule has 0 saturated carbocycles. The Labute approximate surface area is 152 Å². The number of rotatable bonds is 2. The highest BCUT2D eigenvalue weighted by atomic mass is 16.4. The summed E-state index contributed by atoms with van der Waals surface area (Å²) in [6, 6.07) is 16.0. The standard InChI is InChI=1S/C21H22N2O3/c24-20(19-10-5-12-23(19)21(25)26)22-13-11-18-16(14-22)8-4-9-17(18)15-6-2-1-3-7-15/h1-4,6-9,19H,5,10-14H2,(H,25,26)/t19-/m0/s1. The molecule has 2 heterocycles. The van der Waals surface area contributed by atoms with E-state index in [0.29, 0.717) is 26.1 Å². The fraction of sp³-hybridized carbons (Fsp3) is 0.333. The van der Waals surface area contributed by atoms with E-state index in [-0.39, 0.29) is 5.91 Å². The summed E-state index contributed by atoms with van der Waals surface area (Å²) in [4.78, 5) is 27.4. The highest BCUT2D eigenvalue weighted by molar-refractivity contribution is 5.86. The maximum atomic E-state index is 12.9. The number of likely N-dealkylation sites (tertiary alicyclic amines) is 1. The molecule has 1 N–H and O–H groups in total. The Morgan fingerprint density at radius 2 is 1.81 bits per heavy atom. The van der Waals surface area contributed by atoms with E-state index in [1.807, 2.05) is 29.2 Å². The number of carbonyl (C=O) groups excluding carboxylic acids is 1. The van der Waals surface area contributed by atoms with Crippen molar-refractivity contribution in [3.05, 3.63) is 59.7 Å². The van der Waals surface area contributed by atoms with Crippen LogP contribution in [0.5, 0.6) is 0 Å². The van der Waals surface area contributed by atoms with Crippen LogP contribution in [0.3, 0.4) is 0 Å². The summed E-state index contributed by atoms with van der Waals surface area (Å²) in [5.41, 5.74) is 4.87. The first-order chi connectivity index (χ1) is 12.6. The van der Waals surface area contributed by atoms with E-state index < -0.39 is 12.1 Å². The van der Waals surface area contributed by atoms with Crippen LogP contribution in [0.15, 0.2) is 48.5 Å². The molecule has 0 aliphatic carbocycles. The van der Waals surface area contributed by atoms with Crippen molar-refractivity contribution in [3.8, 4) is 11.1 Å². The summed E-state index contributed by atoms with van der Waals surface area (Å²) in [5, 5.41) is 9.31. The number of carboxylic acid groups (broad SMARTS) is 1. The Kier molecular flexibility index (Phi) is 4.37. The van der Waals surface area contributed by atoms with Crippen LogP contribution in [0.2, 0.25) is 0 Å². The molecule has 0 bridgehead atoms. The Bertz CT molecular complexity index is 834. The highest BCUT2D eigenvalue weighted by Crippen LogP contribution is 2.31. The van der Waals surface area contributed by atoms with Gasteiger partial charge >= 0.3 is 6.09 Å². The lowest BCUT2D eigenvalue weighted by Crippen LogP contribution is -2.48. The molecule has 4 rings (SSSR count). The van der Waals surface area contributed by atoms with Crippen molar-refractivity contribution in [2.24, 2.45) is 0 Å². The van der Waals surface area contributed by atoms with E-state index in [9.17, 15) is 14.7 Å². The SMILES string of the molecule is O=C([C@@H]1CCCN1C(=O)O)N1CCc2c(cccc2-c2ccccc2)C1. The number of hydrogen-bond acceptors (Lipinski definition) is 2. The zero-order valence-electron chi connectivity index (χ0n) is 14.6. The van der Waals surface area contributed by atoms with Gasteiger partial charge in [0, 0.05) is 19.6 Å². The number of benzene rings is 2. The minimum Gasteiger partial charge on any atom is -0.465 e. The molecule has 0 aromatic heterocycles. The molecule has 1 atom stereocenters. The summed E-state index contributed by atoms with van der Waals surface area (Å²) in [6.07, 6.45) is 1.18. The minimum absolute atomic E-state index is 0.0549. The first kappa shape index (κ1) is 16.6. The highest BCUT2D eigenvalue weighted by Gasteiger charge is 2.37. The van der Waals surface area contributed by atoms with Gasteiger partial charge in [-0.05, 0) is 41.5 Å². The van der Waals surface area contributed by atoms with Crippen LogP contribution in [-0.4, -0.2) is 46.0 Å². The van der Waals surface area contributed by atoms with E-state index in [1.165, 1.54) is 21.6 Å². The van der Waals surface area contributed by atoms with Crippen molar-refractivity contribution in [3.63, 3.8) is 0 Å². The van der Waals surface area contributed by atoms with Crippen molar-refractivity contribution < 1.29 is 14.7 Å². The van der Waals surface area contributed by atoms with Gasteiger partial charge in [0.15, 0.2) is 0 Å². The second-order valence-electron chi connectivity index (χ2n) is 6.95. The maximum Gasteiger partial charge on any atom is 0.407 e. The van der Waals surface area contributed by atoms with Crippen molar-refractivity contribution in [2.45, 2.75) is 31.8 Å². The molecule has 134 valence electrons. The van der Waals surface area contributed by atoms with E-state index >= 15 is 0 Å². The molecule has 2 amide bonds. The molecule has 2 aromatic carbocycles. The molecule has 5 nitrogen and oxygen atoms in total. The quantitative estimate of drug-likeness (QED) is 0.903. The van der Waals surface area contributed by atoms with Gasteiger partial charge in [0.2, 0.25) is 5.91 Å².